The van der Waals surface area contributed by atoms with E-state index in [0.29, 0.717) is 52.1 Å². The fraction of sp³-hybridized carbons (Fsp3) is 0.278. The topological polar surface area (TPSA) is 56.8 Å². The number of nitrogens with one attached hydrogen (secondary N) is 1. The van der Waals surface area contributed by atoms with E-state index in [0.717, 1.165) is 0 Å². The van der Waals surface area contributed by atoms with Crippen molar-refractivity contribution in [3.63, 3.8) is 0 Å². The van der Waals surface area contributed by atoms with Gasteiger partial charge in [-0.15, -0.1) is 0 Å². The fourth-order valence-electron chi connectivity index (χ4n) is 2.71. The number of carbonyl (C=O) groups is 1. The average molecular weight is 384 g/mol. The van der Waals surface area contributed by atoms with Crippen LogP contribution in [-0.2, 0) is 0 Å². The Balaban J connectivity index is 1.84. The van der Waals surface area contributed by atoms with E-state index in [-0.39, 0.29) is 5.75 Å². The van der Waals surface area contributed by atoms with Crippen LogP contribution in [0.1, 0.15) is 21.5 Å². The molecule has 2 aromatic rings. The van der Waals surface area contributed by atoms with Crippen LogP contribution in [0.2, 0.25) is 5.02 Å². The van der Waals surface area contributed by atoms with Gasteiger partial charge in [-0.2, -0.15) is 8.78 Å². The number of amides is 1. The van der Waals surface area contributed by atoms with E-state index in [9.17, 15) is 13.6 Å². The van der Waals surface area contributed by atoms with Gasteiger partial charge in [-0.1, -0.05) is 11.6 Å². The monoisotopic (exact) mass is 383 g/mol. The van der Waals surface area contributed by atoms with E-state index >= 15 is 0 Å². The zero-order chi connectivity index (χ0) is 18.8. The molecule has 138 valence electrons. The molecule has 1 amide bonds. The van der Waals surface area contributed by atoms with Gasteiger partial charge >= 0.3 is 6.61 Å². The number of hydrogen-bond donors (Lipinski definition) is 1. The lowest BCUT2D eigenvalue weighted by Crippen LogP contribution is -2.17. The van der Waals surface area contributed by atoms with Crippen molar-refractivity contribution in [2.24, 2.45) is 0 Å². The first-order chi connectivity index (χ1) is 12.3. The van der Waals surface area contributed by atoms with Crippen LogP contribution in [0.5, 0.6) is 17.2 Å². The molecule has 0 aromatic heterocycles. The molecule has 1 N–H and O–H groups in total. The summed E-state index contributed by atoms with van der Waals surface area (Å²) >= 11 is 6.18. The van der Waals surface area contributed by atoms with Gasteiger partial charge in [-0.25, -0.2) is 0 Å². The van der Waals surface area contributed by atoms with Crippen molar-refractivity contribution in [2.75, 3.05) is 18.5 Å². The number of ether oxygens (including phenoxy) is 3. The minimum atomic E-state index is -2.93. The third-order valence-electron chi connectivity index (χ3n) is 3.81. The summed E-state index contributed by atoms with van der Waals surface area (Å²) in [6.45, 7) is 1.10. The Morgan fingerprint density at radius 2 is 1.69 bits per heavy atom. The molecule has 0 saturated carbocycles. The van der Waals surface area contributed by atoms with Crippen molar-refractivity contribution in [3.05, 3.63) is 46.0 Å². The quantitative estimate of drug-likeness (QED) is 0.839. The van der Waals surface area contributed by atoms with Crippen molar-refractivity contribution < 1.29 is 27.8 Å². The smallest absolute Gasteiger partial charge is 0.387 e. The molecular formula is C18H16ClF2NO4. The highest BCUT2D eigenvalue weighted by Gasteiger charge is 2.18. The lowest BCUT2D eigenvalue weighted by Gasteiger charge is -2.20. The van der Waals surface area contributed by atoms with E-state index in [1.807, 2.05) is 0 Å². The minimum absolute atomic E-state index is 0.0638. The summed E-state index contributed by atoms with van der Waals surface area (Å²) in [4.78, 5) is 12.5. The van der Waals surface area contributed by atoms with E-state index in [4.69, 9.17) is 21.1 Å². The van der Waals surface area contributed by atoms with Gasteiger partial charge in [0.25, 0.3) is 5.91 Å². The molecule has 8 heteroatoms. The van der Waals surface area contributed by atoms with Gasteiger partial charge < -0.3 is 19.5 Å². The first kappa shape index (κ1) is 18.3. The summed E-state index contributed by atoms with van der Waals surface area (Å²) in [5.74, 6) is 0.635. The summed E-state index contributed by atoms with van der Waals surface area (Å²) in [7, 11) is 0. The first-order valence-electron chi connectivity index (χ1n) is 7.81. The maximum Gasteiger partial charge on any atom is 0.387 e. The largest absolute Gasteiger partial charge is 0.486 e. The Hall–Kier alpha value is -2.54. The van der Waals surface area contributed by atoms with Crippen LogP contribution >= 0.6 is 11.6 Å². The maximum absolute atomic E-state index is 12.5. The lowest BCUT2D eigenvalue weighted by molar-refractivity contribution is -0.0507. The first-order valence-corrected chi connectivity index (χ1v) is 8.19. The highest BCUT2D eigenvalue weighted by atomic mass is 35.5. The van der Waals surface area contributed by atoms with Gasteiger partial charge in [0, 0.05) is 17.7 Å². The Kier molecular flexibility index (Phi) is 5.18. The van der Waals surface area contributed by atoms with Gasteiger partial charge in [-0.05, 0) is 37.1 Å². The number of halogens is 3. The Morgan fingerprint density at radius 1 is 1.12 bits per heavy atom. The maximum atomic E-state index is 12.5. The molecule has 0 saturated heterocycles. The summed E-state index contributed by atoms with van der Waals surface area (Å²) in [5, 5.41) is 3.00. The van der Waals surface area contributed by atoms with Crippen molar-refractivity contribution in [1.29, 1.82) is 0 Å². The van der Waals surface area contributed by atoms with Crippen LogP contribution in [0.15, 0.2) is 24.3 Å². The molecule has 0 atom stereocenters. The number of benzene rings is 2. The molecule has 3 rings (SSSR count). The van der Waals surface area contributed by atoms with Gasteiger partial charge in [0.2, 0.25) is 0 Å². The summed E-state index contributed by atoms with van der Waals surface area (Å²) < 4.78 is 40.3. The van der Waals surface area contributed by atoms with Crippen LogP contribution in [0.3, 0.4) is 0 Å². The van der Waals surface area contributed by atoms with Gasteiger partial charge in [0.05, 0.1) is 10.7 Å². The molecule has 0 radical (unpaired) electrons. The highest BCUT2D eigenvalue weighted by molar-refractivity contribution is 6.34. The SMILES string of the molecule is Cc1cc(C(=O)Nc2cc3c(cc2Cl)OCCO3)cc(C)c1OC(F)F. The van der Waals surface area contributed by atoms with Crippen LogP contribution in [0.25, 0.3) is 0 Å². The van der Waals surface area contributed by atoms with Gasteiger partial charge in [0.15, 0.2) is 11.5 Å². The molecule has 0 aliphatic carbocycles. The predicted octanol–water partition coefficient (Wildman–Crippen LogP) is 4.58. The van der Waals surface area contributed by atoms with Crippen LogP contribution in [-0.4, -0.2) is 25.7 Å². The van der Waals surface area contributed by atoms with Gasteiger partial charge in [-0.3, -0.25) is 4.79 Å². The highest BCUT2D eigenvalue weighted by Crippen LogP contribution is 2.38. The second kappa shape index (κ2) is 7.37. The number of anilines is 1. The molecule has 26 heavy (non-hydrogen) atoms. The Bertz CT molecular complexity index is 834. The van der Waals surface area contributed by atoms with Crippen LogP contribution < -0.4 is 19.5 Å². The molecule has 0 spiro atoms. The number of aryl methyl sites for hydroxylation is 2. The Labute approximate surface area is 153 Å². The van der Waals surface area contributed by atoms with Crippen LogP contribution in [0, 0.1) is 13.8 Å². The van der Waals surface area contributed by atoms with E-state index in [1.54, 1.807) is 26.0 Å². The van der Waals surface area contributed by atoms with Gasteiger partial charge in [0.1, 0.15) is 19.0 Å². The standard InChI is InChI=1S/C18H16ClF2NO4/c1-9-5-11(6-10(2)16(9)26-18(20)21)17(23)22-13-8-15-14(7-12(13)19)24-3-4-25-15/h5-8,18H,3-4H2,1-2H3,(H,22,23). The third-order valence-corrected chi connectivity index (χ3v) is 4.12. The molecule has 0 unspecified atom stereocenters. The van der Waals surface area contributed by atoms with E-state index < -0.39 is 12.5 Å². The molecule has 1 aliphatic heterocycles. The number of hydrogen-bond acceptors (Lipinski definition) is 4. The molecule has 1 heterocycles. The second-order valence-electron chi connectivity index (χ2n) is 5.75. The zero-order valence-electron chi connectivity index (χ0n) is 14.1. The molecule has 1 aliphatic rings. The zero-order valence-corrected chi connectivity index (χ0v) is 14.8. The van der Waals surface area contributed by atoms with Crippen molar-refractivity contribution in [3.8, 4) is 17.2 Å². The van der Waals surface area contributed by atoms with E-state index in [1.165, 1.54) is 12.1 Å². The molecule has 5 nitrogen and oxygen atoms in total. The number of carbonyl (C=O) groups excluding carboxylic acids is 1. The summed E-state index contributed by atoms with van der Waals surface area (Å²) in [6, 6.07) is 6.11. The number of rotatable bonds is 4. The summed E-state index contributed by atoms with van der Waals surface area (Å²) in [6.07, 6.45) is 0. The second-order valence-corrected chi connectivity index (χ2v) is 6.15. The molecule has 0 fully saturated rings. The number of fused-ring (bicyclic) bond motifs is 1. The lowest BCUT2D eigenvalue weighted by atomic mass is 10.0. The van der Waals surface area contributed by atoms with Crippen LogP contribution in [0.4, 0.5) is 14.5 Å². The van der Waals surface area contributed by atoms with Crippen molar-refractivity contribution in [2.45, 2.75) is 20.5 Å². The van der Waals surface area contributed by atoms with Crippen molar-refractivity contribution >= 4 is 23.2 Å². The molecule has 2 aromatic carbocycles. The Morgan fingerprint density at radius 3 is 2.27 bits per heavy atom. The normalized spacial score (nSPS) is 12.8. The average Bonchev–Trinajstić information content (AvgIpc) is 2.58. The van der Waals surface area contributed by atoms with Crippen molar-refractivity contribution in [1.82, 2.24) is 0 Å². The predicted molar refractivity (Wildman–Crippen MR) is 92.9 cm³/mol. The minimum Gasteiger partial charge on any atom is -0.486 e. The third kappa shape index (κ3) is 3.83. The number of alkyl halides is 2. The molecular weight excluding hydrogens is 368 g/mol. The molecule has 0 bridgehead atoms. The summed E-state index contributed by atoms with van der Waals surface area (Å²) in [5.41, 5.74) is 1.53. The van der Waals surface area contributed by atoms with E-state index in [2.05, 4.69) is 10.1 Å². The fourth-order valence-corrected chi connectivity index (χ4v) is 2.91.